The molecule has 174 valence electrons. The van der Waals surface area contributed by atoms with E-state index in [2.05, 4.69) is 21.2 Å². The fourth-order valence-electron chi connectivity index (χ4n) is 4.79. The number of rotatable bonds is 2. The van der Waals surface area contributed by atoms with Crippen molar-refractivity contribution < 1.29 is 24.2 Å². The SMILES string of the molecule is Cc1ccc(N2C(=O)Nc3ccc(Br)cc3[C@@]2(O)C(=O)N2CCC3(CC2)OCCO3)cc1C. The summed E-state index contributed by atoms with van der Waals surface area (Å²) in [5.41, 5.74) is 0.930. The van der Waals surface area contributed by atoms with Gasteiger partial charge in [0.15, 0.2) is 5.79 Å². The summed E-state index contributed by atoms with van der Waals surface area (Å²) in [4.78, 5) is 30.0. The van der Waals surface area contributed by atoms with E-state index >= 15 is 0 Å². The van der Waals surface area contributed by atoms with Crippen LogP contribution in [0.5, 0.6) is 0 Å². The van der Waals surface area contributed by atoms with Gasteiger partial charge in [-0.25, -0.2) is 4.79 Å². The molecule has 0 radical (unpaired) electrons. The number of amides is 3. The second-order valence-electron chi connectivity index (χ2n) is 8.80. The monoisotopic (exact) mass is 515 g/mol. The quantitative estimate of drug-likeness (QED) is 0.637. The Morgan fingerprint density at radius 1 is 1.06 bits per heavy atom. The Kier molecular flexibility index (Phi) is 5.48. The molecule has 0 aliphatic carbocycles. The van der Waals surface area contributed by atoms with Crippen LogP contribution >= 0.6 is 15.9 Å². The van der Waals surface area contributed by atoms with Crippen molar-refractivity contribution in [2.24, 2.45) is 0 Å². The summed E-state index contributed by atoms with van der Waals surface area (Å²) in [6.45, 7) is 5.69. The molecule has 3 aliphatic heterocycles. The van der Waals surface area contributed by atoms with Crippen LogP contribution in [-0.4, -0.2) is 54.0 Å². The van der Waals surface area contributed by atoms with E-state index in [4.69, 9.17) is 9.47 Å². The van der Waals surface area contributed by atoms with Crippen LogP contribution in [0.15, 0.2) is 40.9 Å². The van der Waals surface area contributed by atoms with Gasteiger partial charge in [0.25, 0.3) is 11.6 Å². The van der Waals surface area contributed by atoms with Gasteiger partial charge in [0.2, 0.25) is 0 Å². The number of ether oxygens (including phenoxy) is 2. The number of halogens is 1. The molecule has 8 nitrogen and oxygen atoms in total. The highest BCUT2D eigenvalue weighted by atomic mass is 79.9. The Morgan fingerprint density at radius 3 is 2.42 bits per heavy atom. The number of urea groups is 1. The normalized spacial score (nSPS) is 24.1. The summed E-state index contributed by atoms with van der Waals surface area (Å²) < 4.78 is 12.2. The first-order chi connectivity index (χ1) is 15.7. The number of carbonyl (C=O) groups excluding carboxylic acids is 2. The van der Waals surface area contributed by atoms with Crippen molar-refractivity contribution in [3.8, 4) is 0 Å². The zero-order chi connectivity index (χ0) is 23.4. The Bertz CT molecular complexity index is 1120. The zero-order valence-electron chi connectivity index (χ0n) is 18.6. The first-order valence-electron chi connectivity index (χ1n) is 11.0. The molecule has 33 heavy (non-hydrogen) atoms. The minimum Gasteiger partial charge on any atom is -0.359 e. The third kappa shape index (κ3) is 3.63. The standard InChI is InChI=1S/C24H26BrN3O5/c1-15-3-5-18(13-16(15)2)28-22(30)26-20-6-4-17(25)14-19(20)24(28,31)21(29)27-9-7-23(8-10-27)32-11-12-33-23/h3-6,13-14,31H,7-12H2,1-2H3,(H,26,30)/t24-/m1/s1. The minimum absolute atomic E-state index is 0.313. The highest BCUT2D eigenvalue weighted by Gasteiger charge is 2.55. The van der Waals surface area contributed by atoms with Gasteiger partial charge < -0.3 is 24.8 Å². The minimum atomic E-state index is -2.22. The van der Waals surface area contributed by atoms with Crippen LogP contribution < -0.4 is 10.2 Å². The van der Waals surface area contributed by atoms with Gasteiger partial charge >= 0.3 is 6.03 Å². The number of hydrogen-bond donors (Lipinski definition) is 2. The molecular formula is C24H26BrN3O5. The van der Waals surface area contributed by atoms with Crippen molar-refractivity contribution >= 4 is 39.2 Å². The van der Waals surface area contributed by atoms with E-state index in [0.29, 0.717) is 60.6 Å². The van der Waals surface area contributed by atoms with Gasteiger partial charge in [-0.2, -0.15) is 0 Å². The van der Waals surface area contributed by atoms with Crippen LogP contribution in [0, 0.1) is 13.8 Å². The Labute approximate surface area is 200 Å². The summed E-state index contributed by atoms with van der Waals surface area (Å²) in [6.07, 6.45) is 1.02. The summed E-state index contributed by atoms with van der Waals surface area (Å²) >= 11 is 3.44. The van der Waals surface area contributed by atoms with Crippen molar-refractivity contribution in [1.82, 2.24) is 4.90 Å². The molecule has 0 bridgehead atoms. The highest BCUT2D eigenvalue weighted by Crippen LogP contribution is 2.43. The van der Waals surface area contributed by atoms with Crippen LogP contribution in [0.4, 0.5) is 16.2 Å². The molecule has 1 atom stereocenters. The molecule has 2 fully saturated rings. The van der Waals surface area contributed by atoms with Crippen molar-refractivity contribution in [2.75, 3.05) is 36.5 Å². The van der Waals surface area contributed by atoms with Gasteiger partial charge in [0, 0.05) is 41.7 Å². The van der Waals surface area contributed by atoms with Crippen molar-refractivity contribution in [3.63, 3.8) is 0 Å². The summed E-state index contributed by atoms with van der Waals surface area (Å²) in [6, 6.07) is 9.97. The molecular weight excluding hydrogens is 490 g/mol. The van der Waals surface area contributed by atoms with Crippen LogP contribution in [0.2, 0.25) is 0 Å². The largest absolute Gasteiger partial charge is 0.359 e. The number of aryl methyl sites for hydroxylation is 2. The van der Waals surface area contributed by atoms with E-state index in [1.165, 1.54) is 0 Å². The predicted molar refractivity (Wildman–Crippen MR) is 126 cm³/mol. The van der Waals surface area contributed by atoms with Gasteiger partial charge in [0.1, 0.15) is 0 Å². The molecule has 2 aromatic rings. The molecule has 3 heterocycles. The number of anilines is 2. The number of nitrogens with zero attached hydrogens (tertiary/aromatic N) is 2. The predicted octanol–water partition coefficient (Wildman–Crippen LogP) is 3.63. The van der Waals surface area contributed by atoms with E-state index < -0.39 is 23.5 Å². The number of likely N-dealkylation sites (tertiary alicyclic amines) is 1. The van der Waals surface area contributed by atoms with Gasteiger partial charge in [-0.1, -0.05) is 22.0 Å². The molecule has 2 aromatic carbocycles. The molecule has 3 aliphatic rings. The van der Waals surface area contributed by atoms with Crippen molar-refractivity contribution in [3.05, 3.63) is 57.6 Å². The Hall–Kier alpha value is -2.46. The molecule has 5 rings (SSSR count). The van der Waals surface area contributed by atoms with Gasteiger partial charge in [-0.05, 0) is 55.3 Å². The molecule has 0 aromatic heterocycles. The van der Waals surface area contributed by atoms with Gasteiger partial charge in [-0.3, -0.25) is 9.69 Å². The first-order valence-corrected chi connectivity index (χ1v) is 11.8. The number of aliphatic hydroxyl groups is 1. The fourth-order valence-corrected chi connectivity index (χ4v) is 5.15. The lowest BCUT2D eigenvalue weighted by Crippen LogP contribution is -2.64. The molecule has 0 unspecified atom stereocenters. The van der Waals surface area contributed by atoms with Gasteiger partial charge in [-0.15, -0.1) is 0 Å². The lowest BCUT2D eigenvalue weighted by molar-refractivity contribution is -0.192. The maximum atomic E-state index is 14.0. The topological polar surface area (TPSA) is 91.3 Å². The molecule has 9 heteroatoms. The molecule has 0 saturated carbocycles. The van der Waals surface area contributed by atoms with E-state index in [-0.39, 0.29) is 0 Å². The van der Waals surface area contributed by atoms with Crippen LogP contribution in [0.3, 0.4) is 0 Å². The average Bonchev–Trinajstić information content (AvgIpc) is 3.24. The number of hydrogen-bond acceptors (Lipinski definition) is 5. The second-order valence-corrected chi connectivity index (χ2v) is 9.71. The number of nitrogens with one attached hydrogen (secondary N) is 1. The van der Waals surface area contributed by atoms with Crippen molar-refractivity contribution in [1.29, 1.82) is 0 Å². The number of benzene rings is 2. The van der Waals surface area contributed by atoms with Gasteiger partial charge in [0.05, 0.1) is 18.9 Å². The first kappa shape index (κ1) is 22.3. The number of fused-ring (bicyclic) bond motifs is 1. The lowest BCUT2D eigenvalue weighted by Gasteiger charge is -2.46. The Morgan fingerprint density at radius 2 is 1.76 bits per heavy atom. The van der Waals surface area contributed by atoms with E-state index in [9.17, 15) is 14.7 Å². The number of piperidine rings is 1. The average molecular weight is 516 g/mol. The van der Waals surface area contributed by atoms with Crippen LogP contribution in [0.25, 0.3) is 0 Å². The van der Waals surface area contributed by atoms with Crippen molar-refractivity contribution in [2.45, 2.75) is 38.2 Å². The summed E-state index contributed by atoms with van der Waals surface area (Å²) in [7, 11) is 0. The third-order valence-electron chi connectivity index (χ3n) is 6.80. The Balaban J connectivity index is 1.58. The maximum Gasteiger partial charge on any atom is 0.329 e. The lowest BCUT2D eigenvalue weighted by atomic mass is 9.92. The number of carbonyl (C=O) groups is 2. The highest BCUT2D eigenvalue weighted by molar-refractivity contribution is 9.10. The fraction of sp³-hybridized carbons (Fsp3) is 0.417. The summed E-state index contributed by atoms with van der Waals surface area (Å²) in [5.74, 6) is -1.21. The molecule has 3 amide bonds. The molecule has 2 saturated heterocycles. The zero-order valence-corrected chi connectivity index (χ0v) is 20.1. The smallest absolute Gasteiger partial charge is 0.329 e. The summed E-state index contributed by atoms with van der Waals surface area (Å²) in [5, 5.41) is 15.0. The molecule has 2 N–H and O–H groups in total. The van der Waals surface area contributed by atoms with E-state index in [1.807, 2.05) is 26.0 Å². The maximum absolute atomic E-state index is 14.0. The van der Waals surface area contributed by atoms with E-state index in [0.717, 1.165) is 16.0 Å². The third-order valence-corrected chi connectivity index (χ3v) is 7.29. The van der Waals surface area contributed by atoms with E-state index in [1.54, 1.807) is 29.2 Å². The molecule has 1 spiro atoms. The van der Waals surface area contributed by atoms with Crippen LogP contribution in [-0.2, 0) is 20.0 Å². The second kappa shape index (κ2) is 8.09. The van der Waals surface area contributed by atoms with Crippen LogP contribution in [0.1, 0.15) is 29.5 Å².